The fraction of sp³-hybridized carbons (Fsp3) is 0.241. The number of carbonyl (C=O) groups is 2. The van der Waals surface area contributed by atoms with Gasteiger partial charge in [-0.3, -0.25) is 9.59 Å². The van der Waals surface area contributed by atoms with Gasteiger partial charge in [0.1, 0.15) is 29.5 Å². The maximum Gasteiger partial charge on any atom is 0.246 e. The number of benzene rings is 3. The Morgan fingerprint density at radius 3 is 2.60 bits per heavy atom. The van der Waals surface area contributed by atoms with Crippen molar-refractivity contribution >= 4 is 17.8 Å². The molecule has 0 saturated carbocycles. The first kappa shape index (κ1) is 22.7. The van der Waals surface area contributed by atoms with E-state index in [4.69, 9.17) is 14.2 Å². The third kappa shape index (κ3) is 5.06. The van der Waals surface area contributed by atoms with Crippen molar-refractivity contribution in [2.24, 2.45) is 0 Å². The van der Waals surface area contributed by atoms with Crippen LogP contribution in [-0.4, -0.2) is 42.4 Å². The molecule has 0 bridgehead atoms. The van der Waals surface area contributed by atoms with Crippen LogP contribution in [0.2, 0.25) is 0 Å². The van der Waals surface area contributed by atoms with Crippen molar-refractivity contribution in [1.82, 2.24) is 4.90 Å². The van der Waals surface area contributed by atoms with Crippen LogP contribution in [0.3, 0.4) is 0 Å². The van der Waals surface area contributed by atoms with Gasteiger partial charge in [0.05, 0.1) is 25.6 Å². The van der Waals surface area contributed by atoms with E-state index in [1.807, 2.05) is 54.6 Å². The van der Waals surface area contributed by atoms with E-state index < -0.39 is 5.60 Å². The number of nitrogens with zero attached hydrogens (tertiary/aromatic N) is 1. The number of ketones is 1. The number of carbonyl (C=O) groups excluding carboxylic acids is 2. The van der Waals surface area contributed by atoms with E-state index in [1.165, 1.54) is 0 Å². The second-order valence-electron chi connectivity index (χ2n) is 8.93. The number of amides is 1. The molecule has 1 spiro atoms. The minimum Gasteiger partial charge on any atom is -0.497 e. The molecule has 1 unspecified atom stereocenters. The highest BCUT2D eigenvalue weighted by molar-refractivity contribution is 6.01. The number of methoxy groups -OCH3 is 1. The van der Waals surface area contributed by atoms with E-state index in [2.05, 4.69) is 0 Å². The quantitative estimate of drug-likeness (QED) is 0.480. The van der Waals surface area contributed by atoms with Crippen molar-refractivity contribution in [3.63, 3.8) is 0 Å². The number of hydrogen-bond acceptors (Lipinski definition) is 5. The molecule has 2 aliphatic rings. The van der Waals surface area contributed by atoms with Crippen LogP contribution in [0.15, 0.2) is 78.9 Å². The number of Topliss-reactive ketones (excluding diaryl/α,β-unsaturated/α-hetero) is 1. The van der Waals surface area contributed by atoms with Crippen LogP contribution in [-0.2, 0) is 11.4 Å². The van der Waals surface area contributed by atoms with Crippen LogP contribution in [0.5, 0.6) is 17.2 Å². The number of hydrogen-bond donors (Lipinski definition) is 0. The summed E-state index contributed by atoms with van der Waals surface area (Å²) < 4.78 is 17.3. The summed E-state index contributed by atoms with van der Waals surface area (Å²) >= 11 is 0. The Morgan fingerprint density at radius 2 is 1.83 bits per heavy atom. The lowest BCUT2D eigenvalue weighted by atomic mass is 9.89. The Kier molecular flexibility index (Phi) is 6.27. The van der Waals surface area contributed by atoms with Gasteiger partial charge in [0, 0.05) is 19.0 Å². The maximum atomic E-state index is 12.8. The van der Waals surface area contributed by atoms with E-state index in [0.717, 1.165) is 16.9 Å². The highest BCUT2D eigenvalue weighted by atomic mass is 16.5. The summed E-state index contributed by atoms with van der Waals surface area (Å²) in [7, 11) is 1.57. The fourth-order valence-corrected chi connectivity index (χ4v) is 4.55. The zero-order chi connectivity index (χ0) is 24.3. The summed E-state index contributed by atoms with van der Waals surface area (Å²) in [5.74, 6) is 1.88. The Balaban J connectivity index is 1.18. The maximum absolute atomic E-state index is 12.8. The van der Waals surface area contributed by atoms with Crippen molar-refractivity contribution in [2.75, 3.05) is 20.2 Å². The van der Waals surface area contributed by atoms with Gasteiger partial charge in [0.15, 0.2) is 5.78 Å². The lowest BCUT2D eigenvalue weighted by molar-refractivity contribution is -0.125. The molecule has 3 aromatic rings. The summed E-state index contributed by atoms with van der Waals surface area (Å²) in [6.45, 7) is 1.45. The molecule has 1 atom stereocenters. The largest absolute Gasteiger partial charge is 0.497 e. The summed E-state index contributed by atoms with van der Waals surface area (Å²) in [6.07, 6.45) is 4.24. The van der Waals surface area contributed by atoms with Crippen LogP contribution >= 0.6 is 0 Å². The van der Waals surface area contributed by atoms with Crippen LogP contribution in [0, 0.1) is 0 Å². The molecule has 0 N–H and O–H groups in total. The first-order chi connectivity index (χ1) is 17.0. The number of ether oxygens (including phenoxy) is 3. The molecule has 35 heavy (non-hydrogen) atoms. The van der Waals surface area contributed by atoms with Crippen LogP contribution in [0.1, 0.15) is 34.3 Å². The molecule has 1 saturated heterocycles. The Morgan fingerprint density at radius 1 is 1.06 bits per heavy atom. The number of likely N-dealkylation sites (tertiary alicyclic amines) is 1. The molecule has 1 amide bonds. The van der Waals surface area contributed by atoms with E-state index in [0.29, 0.717) is 43.2 Å². The normalized spacial score (nSPS) is 19.0. The molecule has 0 radical (unpaired) electrons. The SMILES string of the molecule is COc1ccc2c(c1)C(=O)CC1(CCN(C(=O)/C=C/c3ccc(OCc4ccccc4)cc3)C1)O2. The molecule has 2 heterocycles. The highest BCUT2D eigenvalue weighted by Crippen LogP contribution is 2.40. The monoisotopic (exact) mass is 469 g/mol. The average molecular weight is 470 g/mol. The lowest BCUT2D eigenvalue weighted by Gasteiger charge is -2.34. The molecule has 2 aliphatic heterocycles. The summed E-state index contributed by atoms with van der Waals surface area (Å²) in [5.41, 5.74) is 1.89. The van der Waals surface area contributed by atoms with Crippen molar-refractivity contribution in [1.29, 1.82) is 0 Å². The number of fused-ring (bicyclic) bond motifs is 1. The standard InChI is InChI=1S/C29H27NO5/c1-33-24-12-13-27-25(17-24)26(31)18-29(35-27)15-16-30(20-29)28(32)14-9-21-7-10-23(11-8-21)34-19-22-5-3-2-4-6-22/h2-14,17H,15-16,18-20H2,1H3/b14-9+. The molecule has 6 nitrogen and oxygen atoms in total. The second kappa shape index (κ2) is 9.66. The molecule has 178 valence electrons. The fourth-order valence-electron chi connectivity index (χ4n) is 4.55. The van der Waals surface area contributed by atoms with Crippen LogP contribution < -0.4 is 14.2 Å². The third-order valence-corrected chi connectivity index (χ3v) is 6.47. The van der Waals surface area contributed by atoms with E-state index in [1.54, 1.807) is 42.4 Å². The van der Waals surface area contributed by atoms with Gasteiger partial charge >= 0.3 is 0 Å². The zero-order valence-electron chi connectivity index (χ0n) is 19.6. The topological polar surface area (TPSA) is 65.1 Å². The van der Waals surface area contributed by atoms with Crippen molar-refractivity contribution in [2.45, 2.75) is 25.0 Å². The van der Waals surface area contributed by atoms with Crippen LogP contribution in [0.4, 0.5) is 0 Å². The van der Waals surface area contributed by atoms with E-state index >= 15 is 0 Å². The minimum atomic E-state index is -0.667. The van der Waals surface area contributed by atoms with Gasteiger partial charge in [-0.05, 0) is 47.5 Å². The second-order valence-corrected chi connectivity index (χ2v) is 8.93. The third-order valence-electron chi connectivity index (χ3n) is 6.47. The van der Waals surface area contributed by atoms with Gasteiger partial charge in [-0.25, -0.2) is 0 Å². The molecule has 0 aliphatic carbocycles. The Bertz CT molecular complexity index is 1250. The molecular weight excluding hydrogens is 442 g/mol. The zero-order valence-corrected chi connectivity index (χ0v) is 19.6. The summed E-state index contributed by atoms with van der Waals surface area (Å²) in [6, 6.07) is 22.9. The molecule has 5 rings (SSSR count). The molecular formula is C29H27NO5. The molecule has 6 heteroatoms. The van der Waals surface area contributed by atoms with Crippen molar-refractivity contribution in [3.05, 3.63) is 95.6 Å². The van der Waals surface area contributed by atoms with Gasteiger partial charge in [0.2, 0.25) is 5.91 Å². The van der Waals surface area contributed by atoms with Gasteiger partial charge in [-0.15, -0.1) is 0 Å². The van der Waals surface area contributed by atoms with Gasteiger partial charge in [-0.1, -0.05) is 42.5 Å². The minimum absolute atomic E-state index is 0.0181. The summed E-state index contributed by atoms with van der Waals surface area (Å²) in [5, 5.41) is 0. The summed E-state index contributed by atoms with van der Waals surface area (Å²) in [4.78, 5) is 27.4. The molecule has 3 aromatic carbocycles. The van der Waals surface area contributed by atoms with Gasteiger partial charge < -0.3 is 19.1 Å². The Labute approximate surface area is 204 Å². The first-order valence-electron chi connectivity index (χ1n) is 11.7. The molecule has 1 fully saturated rings. The van der Waals surface area contributed by atoms with E-state index in [9.17, 15) is 9.59 Å². The lowest BCUT2D eigenvalue weighted by Crippen LogP contribution is -2.45. The predicted octanol–water partition coefficient (Wildman–Crippen LogP) is 4.92. The highest BCUT2D eigenvalue weighted by Gasteiger charge is 2.46. The van der Waals surface area contributed by atoms with Crippen LogP contribution in [0.25, 0.3) is 6.08 Å². The van der Waals surface area contributed by atoms with Gasteiger partial charge in [-0.2, -0.15) is 0 Å². The van der Waals surface area contributed by atoms with Crippen molar-refractivity contribution < 1.29 is 23.8 Å². The Hall–Kier alpha value is -4.06. The van der Waals surface area contributed by atoms with Crippen molar-refractivity contribution in [3.8, 4) is 17.2 Å². The first-order valence-corrected chi connectivity index (χ1v) is 11.7. The smallest absolute Gasteiger partial charge is 0.246 e. The average Bonchev–Trinajstić information content (AvgIpc) is 3.30. The predicted molar refractivity (Wildman–Crippen MR) is 133 cm³/mol. The van der Waals surface area contributed by atoms with Gasteiger partial charge in [0.25, 0.3) is 0 Å². The molecule has 0 aromatic heterocycles. The van der Waals surface area contributed by atoms with E-state index in [-0.39, 0.29) is 18.1 Å². The number of rotatable bonds is 6.